The number of nitrogens with two attached hydrogens (primary N) is 1. The van der Waals surface area contributed by atoms with E-state index < -0.39 is 0 Å². The summed E-state index contributed by atoms with van der Waals surface area (Å²) in [6.07, 6.45) is 4.72. The average Bonchev–Trinajstić information content (AvgIpc) is 2.87. The number of rotatable bonds is 3. The van der Waals surface area contributed by atoms with Gasteiger partial charge in [-0.05, 0) is 54.9 Å². The number of hydrogen-bond acceptors (Lipinski definition) is 1. The molecular formula is C18H21N. The summed E-state index contributed by atoms with van der Waals surface area (Å²) in [6.45, 7) is 2.11. The van der Waals surface area contributed by atoms with E-state index in [2.05, 4.69) is 49.4 Å². The molecule has 2 aromatic carbocycles. The first-order valence-corrected chi connectivity index (χ1v) is 7.15. The van der Waals surface area contributed by atoms with E-state index in [9.17, 15) is 0 Å². The monoisotopic (exact) mass is 251 g/mol. The summed E-state index contributed by atoms with van der Waals surface area (Å²) in [4.78, 5) is 0. The normalized spacial score (nSPS) is 15.3. The van der Waals surface area contributed by atoms with Crippen LogP contribution >= 0.6 is 0 Å². The van der Waals surface area contributed by atoms with Crippen LogP contribution in [0.15, 0.2) is 42.5 Å². The Morgan fingerprint density at radius 1 is 1.00 bits per heavy atom. The van der Waals surface area contributed by atoms with Crippen molar-refractivity contribution in [1.29, 1.82) is 0 Å². The first kappa shape index (κ1) is 12.4. The average molecular weight is 251 g/mol. The second-order valence-corrected chi connectivity index (χ2v) is 5.68. The van der Waals surface area contributed by atoms with Crippen molar-refractivity contribution >= 4 is 0 Å². The van der Waals surface area contributed by atoms with Crippen molar-refractivity contribution < 1.29 is 0 Å². The molecule has 0 saturated carbocycles. The maximum Gasteiger partial charge on any atom is 0.0335 e. The van der Waals surface area contributed by atoms with Crippen molar-refractivity contribution in [2.24, 2.45) is 5.73 Å². The van der Waals surface area contributed by atoms with Crippen LogP contribution in [-0.4, -0.2) is 0 Å². The maximum absolute atomic E-state index is 6.32. The standard InChI is InChI=1S/C18H21N/c1-13-5-8-16(9-6-13)18(19)12-14-7-10-15-3-2-4-17(15)11-14/h5-11,18H,2-4,12,19H2,1H3. The molecule has 0 bridgehead atoms. The second kappa shape index (κ2) is 5.18. The number of hydrogen-bond donors (Lipinski definition) is 1. The molecule has 1 aliphatic carbocycles. The lowest BCUT2D eigenvalue weighted by Gasteiger charge is -2.13. The lowest BCUT2D eigenvalue weighted by Crippen LogP contribution is -2.13. The molecule has 0 amide bonds. The van der Waals surface area contributed by atoms with Crippen LogP contribution in [0.25, 0.3) is 0 Å². The van der Waals surface area contributed by atoms with Gasteiger partial charge in [-0.2, -0.15) is 0 Å². The maximum atomic E-state index is 6.32. The van der Waals surface area contributed by atoms with Crippen LogP contribution in [-0.2, 0) is 19.3 Å². The summed E-state index contributed by atoms with van der Waals surface area (Å²) in [7, 11) is 0. The summed E-state index contributed by atoms with van der Waals surface area (Å²) in [5.41, 5.74) is 13.3. The van der Waals surface area contributed by atoms with Crippen LogP contribution in [0.3, 0.4) is 0 Å². The van der Waals surface area contributed by atoms with Gasteiger partial charge in [0, 0.05) is 6.04 Å². The van der Waals surface area contributed by atoms with E-state index in [-0.39, 0.29) is 6.04 Å². The predicted octanol–water partition coefficient (Wildman–Crippen LogP) is 3.73. The van der Waals surface area contributed by atoms with Gasteiger partial charge in [0.25, 0.3) is 0 Å². The van der Waals surface area contributed by atoms with Crippen molar-refractivity contribution in [3.8, 4) is 0 Å². The highest BCUT2D eigenvalue weighted by molar-refractivity contribution is 5.36. The first-order chi connectivity index (χ1) is 9.22. The minimum absolute atomic E-state index is 0.0973. The number of benzene rings is 2. The van der Waals surface area contributed by atoms with E-state index in [1.807, 2.05) is 0 Å². The van der Waals surface area contributed by atoms with Crippen molar-refractivity contribution in [2.45, 2.75) is 38.6 Å². The molecular weight excluding hydrogens is 230 g/mol. The van der Waals surface area contributed by atoms with Crippen molar-refractivity contribution in [3.05, 3.63) is 70.3 Å². The molecule has 0 heterocycles. The van der Waals surface area contributed by atoms with Gasteiger partial charge in [-0.3, -0.25) is 0 Å². The van der Waals surface area contributed by atoms with Gasteiger partial charge < -0.3 is 5.73 Å². The Morgan fingerprint density at radius 3 is 2.53 bits per heavy atom. The summed E-state index contributed by atoms with van der Waals surface area (Å²) in [6, 6.07) is 15.6. The smallest absolute Gasteiger partial charge is 0.0335 e. The fourth-order valence-corrected chi connectivity index (χ4v) is 2.94. The van der Waals surface area contributed by atoms with Gasteiger partial charge in [0.15, 0.2) is 0 Å². The molecule has 2 aromatic rings. The molecule has 0 fully saturated rings. The molecule has 98 valence electrons. The van der Waals surface area contributed by atoms with Crippen LogP contribution in [0.5, 0.6) is 0 Å². The topological polar surface area (TPSA) is 26.0 Å². The summed E-state index contributed by atoms with van der Waals surface area (Å²) >= 11 is 0. The lowest BCUT2D eigenvalue weighted by molar-refractivity contribution is 0.721. The highest BCUT2D eigenvalue weighted by Gasteiger charge is 2.12. The molecule has 1 unspecified atom stereocenters. The third-order valence-corrected chi connectivity index (χ3v) is 4.12. The zero-order valence-corrected chi connectivity index (χ0v) is 11.5. The Labute approximate surface area is 115 Å². The van der Waals surface area contributed by atoms with E-state index in [0.717, 1.165) is 6.42 Å². The summed E-state index contributed by atoms with van der Waals surface area (Å²) < 4.78 is 0. The molecule has 0 saturated heterocycles. The van der Waals surface area contributed by atoms with E-state index in [4.69, 9.17) is 5.73 Å². The molecule has 3 rings (SSSR count). The molecule has 1 aliphatic rings. The van der Waals surface area contributed by atoms with Gasteiger partial charge in [-0.15, -0.1) is 0 Å². The van der Waals surface area contributed by atoms with Crippen molar-refractivity contribution in [2.75, 3.05) is 0 Å². The van der Waals surface area contributed by atoms with Crippen LogP contribution in [0.4, 0.5) is 0 Å². The molecule has 0 spiro atoms. The van der Waals surface area contributed by atoms with Gasteiger partial charge in [-0.25, -0.2) is 0 Å². The molecule has 0 radical (unpaired) electrons. The third-order valence-electron chi connectivity index (χ3n) is 4.12. The van der Waals surface area contributed by atoms with Crippen molar-refractivity contribution in [1.82, 2.24) is 0 Å². The lowest BCUT2D eigenvalue weighted by atomic mass is 9.97. The van der Waals surface area contributed by atoms with Crippen LogP contribution in [0, 0.1) is 6.92 Å². The Morgan fingerprint density at radius 2 is 1.74 bits per heavy atom. The van der Waals surface area contributed by atoms with Gasteiger partial charge in [-0.1, -0.05) is 48.0 Å². The summed E-state index contributed by atoms with van der Waals surface area (Å²) in [5, 5.41) is 0. The first-order valence-electron chi connectivity index (χ1n) is 7.15. The Balaban J connectivity index is 1.75. The molecule has 19 heavy (non-hydrogen) atoms. The Hall–Kier alpha value is -1.60. The van der Waals surface area contributed by atoms with E-state index in [0.29, 0.717) is 0 Å². The second-order valence-electron chi connectivity index (χ2n) is 5.68. The minimum atomic E-state index is 0.0973. The largest absolute Gasteiger partial charge is 0.324 e. The number of aryl methyl sites for hydroxylation is 3. The van der Waals surface area contributed by atoms with Gasteiger partial charge in [0.05, 0.1) is 0 Å². The van der Waals surface area contributed by atoms with Crippen LogP contribution < -0.4 is 5.73 Å². The van der Waals surface area contributed by atoms with Gasteiger partial charge in [0.1, 0.15) is 0 Å². The fourth-order valence-electron chi connectivity index (χ4n) is 2.94. The third kappa shape index (κ3) is 2.71. The van der Waals surface area contributed by atoms with Crippen LogP contribution in [0.2, 0.25) is 0 Å². The molecule has 0 aliphatic heterocycles. The quantitative estimate of drug-likeness (QED) is 0.884. The van der Waals surface area contributed by atoms with E-state index >= 15 is 0 Å². The molecule has 1 heteroatoms. The molecule has 1 nitrogen and oxygen atoms in total. The number of fused-ring (bicyclic) bond motifs is 1. The summed E-state index contributed by atoms with van der Waals surface area (Å²) in [5.74, 6) is 0. The Bertz CT molecular complexity index is 569. The molecule has 0 aromatic heterocycles. The predicted molar refractivity (Wildman–Crippen MR) is 80.3 cm³/mol. The van der Waals surface area contributed by atoms with Crippen LogP contribution in [0.1, 0.15) is 40.3 Å². The molecule has 1 atom stereocenters. The zero-order valence-electron chi connectivity index (χ0n) is 11.5. The SMILES string of the molecule is Cc1ccc(C(N)Cc2ccc3c(c2)CCC3)cc1. The van der Waals surface area contributed by atoms with E-state index in [1.54, 1.807) is 0 Å². The Kier molecular flexibility index (Phi) is 3.39. The van der Waals surface area contributed by atoms with E-state index in [1.165, 1.54) is 47.1 Å². The highest BCUT2D eigenvalue weighted by Crippen LogP contribution is 2.25. The fraction of sp³-hybridized carbons (Fsp3) is 0.333. The van der Waals surface area contributed by atoms with Gasteiger partial charge >= 0.3 is 0 Å². The molecule has 2 N–H and O–H groups in total. The van der Waals surface area contributed by atoms with Gasteiger partial charge in [0.2, 0.25) is 0 Å². The zero-order chi connectivity index (χ0) is 13.2. The minimum Gasteiger partial charge on any atom is -0.324 e. The van der Waals surface area contributed by atoms with Crippen molar-refractivity contribution in [3.63, 3.8) is 0 Å². The highest BCUT2D eigenvalue weighted by atomic mass is 14.6.